The highest BCUT2D eigenvalue weighted by Gasteiger charge is 2.21. The molecule has 0 spiro atoms. The molecule has 3 heterocycles. The molecule has 4 rings (SSSR count). The second-order valence-corrected chi connectivity index (χ2v) is 9.48. The Morgan fingerprint density at radius 2 is 2.00 bits per heavy atom. The minimum Gasteiger partial charge on any atom is -0.395 e. The molecular formula is C23H28ClN9O2S. The van der Waals surface area contributed by atoms with Gasteiger partial charge in [-0.25, -0.2) is 4.98 Å². The van der Waals surface area contributed by atoms with E-state index in [0.29, 0.717) is 51.7 Å². The molecule has 36 heavy (non-hydrogen) atoms. The number of carbonyl (C=O) groups excluding carboxylic acids is 1. The molecule has 0 saturated carbocycles. The van der Waals surface area contributed by atoms with Crippen molar-refractivity contribution in [3.63, 3.8) is 0 Å². The average Bonchev–Trinajstić information content (AvgIpc) is 3.34. The second kappa shape index (κ2) is 12.1. The second-order valence-electron chi connectivity index (χ2n) is 8.05. The first kappa shape index (κ1) is 25.8. The van der Waals surface area contributed by atoms with Crippen molar-refractivity contribution in [1.82, 2.24) is 24.8 Å². The van der Waals surface area contributed by atoms with Gasteiger partial charge in [0.2, 0.25) is 17.8 Å². The van der Waals surface area contributed by atoms with Gasteiger partial charge in [0, 0.05) is 39.3 Å². The van der Waals surface area contributed by atoms with Crippen LogP contribution in [0.5, 0.6) is 0 Å². The van der Waals surface area contributed by atoms with Crippen LogP contribution in [0, 0.1) is 6.92 Å². The van der Waals surface area contributed by atoms with E-state index < -0.39 is 0 Å². The number of carbonyl (C=O) groups is 1. The van der Waals surface area contributed by atoms with Crippen LogP contribution in [0.25, 0.3) is 0 Å². The van der Waals surface area contributed by atoms with Gasteiger partial charge in [-0.3, -0.25) is 15.0 Å². The number of benzene rings is 1. The van der Waals surface area contributed by atoms with Gasteiger partial charge in [-0.2, -0.15) is 15.0 Å². The highest BCUT2D eigenvalue weighted by atomic mass is 35.5. The highest BCUT2D eigenvalue weighted by Crippen LogP contribution is 2.28. The number of hydrogen-bond donors (Lipinski definition) is 4. The largest absolute Gasteiger partial charge is 0.395 e. The van der Waals surface area contributed by atoms with Gasteiger partial charge >= 0.3 is 0 Å². The van der Waals surface area contributed by atoms with Gasteiger partial charge in [0.15, 0.2) is 5.13 Å². The Kier molecular flexibility index (Phi) is 8.65. The summed E-state index contributed by atoms with van der Waals surface area (Å²) in [6, 6.07) is 5.44. The van der Waals surface area contributed by atoms with Crippen LogP contribution < -0.4 is 20.9 Å². The fourth-order valence-corrected chi connectivity index (χ4v) is 4.59. The van der Waals surface area contributed by atoms with Crippen LogP contribution in [0.3, 0.4) is 0 Å². The van der Waals surface area contributed by atoms with Gasteiger partial charge in [0.25, 0.3) is 5.91 Å². The first-order valence-corrected chi connectivity index (χ1v) is 12.6. The molecule has 0 bridgehead atoms. The van der Waals surface area contributed by atoms with Crippen molar-refractivity contribution < 1.29 is 9.90 Å². The maximum absolute atomic E-state index is 12.8. The molecule has 190 valence electrons. The number of halogens is 1. The number of nitrogens with zero attached hydrogens (tertiary/aromatic N) is 6. The number of hydrogen-bond acceptors (Lipinski definition) is 11. The minimum atomic E-state index is -0.304. The van der Waals surface area contributed by atoms with Gasteiger partial charge in [-0.05, 0) is 18.6 Å². The lowest BCUT2D eigenvalue weighted by Crippen LogP contribution is -2.47. The lowest BCUT2D eigenvalue weighted by atomic mass is 10.2. The van der Waals surface area contributed by atoms with E-state index in [1.165, 1.54) is 17.5 Å². The average molecular weight is 530 g/mol. The Balaban J connectivity index is 1.49. The Labute approximate surface area is 218 Å². The van der Waals surface area contributed by atoms with Crippen molar-refractivity contribution in [3.05, 3.63) is 52.5 Å². The lowest BCUT2D eigenvalue weighted by molar-refractivity contribution is 0.103. The van der Waals surface area contributed by atoms with E-state index in [2.05, 4.69) is 52.3 Å². The number of aromatic nitrogens is 4. The predicted molar refractivity (Wildman–Crippen MR) is 144 cm³/mol. The van der Waals surface area contributed by atoms with Crippen molar-refractivity contribution >= 4 is 57.5 Å². The zero-order valence-electron chi connectivity index (χ0n) is 19.9. The number of thiazole rings is 1. The van der Waals surface area contributed by atoms with Crippen molar-refractivity contribution in [3.8, 4) is 0 Å². The van der Waals surface area contributed by atoms with E-state index in [1.54, 1.807) is 12.1 Å². The molecule has 4 N–H and O–H groups in total. The van der Waals surface area contributed by atoms with E-state index >= 15 is 0 Å². The van der Waals surface area contributed by atoms with Crippen LogP contribution in [0.4, 0.5) is 28.7 Å². The summed E-state index contributed by atoms with van der Waals surface area (Å²) in [4.78, 5) is 35.3. The molecule has 1 fully saturated rings. The van der Waals surface area contributed by atoms with E-state index in [9.17, 15) is 9.90 Å². The van der Waals surface area contributed by atoms with Gasteiger partial charge < -0.3 is 20.6 Å². The number of anilines is 5. The van der Waals surface area contributed by atoms with Crippen LogP contribution in [0.1, 0.15) is 15.2 Å². The van der Waals surface area contributed by atoms with Crippen LogP contribution in [-0.4, -0.2) is 81.7 Å². The van der Waals surface area contributed by atoms with E-state index in [1.807, 2.05) is 19.1 Å². The summed E-state index contributed by atoms with van der Waals surface area (Å²) >= 11 is 7.41. The molecule has 0 unspecified atom stereocenters. The number of aliphatic hydroxyl groups is 1. The lowest BCUT2D eigenvalue weighted by Gasteiger charge is -2.34. The molecule has 1 aliphatic heterocycles. The van der Waals surface area contributed by atoms with E-state index in [0.717, 1.165) is 31.7 Å². The Bertz CT molecular complexity index is 1190. The highest BCUT2D eigenvalue weighted by molar-refractivity contribution is 7.17. The monoisotopic (exact) mass is 529 g/mol. The molecule has 11 nitrogen and oxygen atoms in total. The first-order valence-electron chi connectivity index (χ1n) is 11.4. The molecule has 1 aromatic carbocycles. The smallest absolute Gasteiger partial charge is 0.267 e. The van der Waals surface area contributed by atoms with Gasteiger partial charge in [-0.15, -0.1) is 6.58 Å². The fourth-order valence-electron chi connectivity index (χ4n) is 3.62. The SMILES string of the molecule is C=CCNc1nc(Nc2ncc(C(=O)Nc3c(C)cccc3Cl)s2)nc(N2CCN(CCO)CC2)n1. The number of aliphatic hydroxyl groups excluding tert-OH is 1. The summed E-state index contributed by atoms with van der Waals surface area (Å²) in [6.45, 7) is 9.96. The molecule has 1 amide bonds. The van der Waals surface area contributed by atoms with Crippen LogP contribution in [-0.2, 0) is 0 Å². The Hall–Kier alpha value is -3.32. The van der Waals surface area contributed by atoms with Gasteiger partial charge in [0.1, 0.15) is 4.88 Å². The molecule has 1 saturated heterocycles. The number of rotatable bonds is 10. The molecule has 3 aromatic rings. The zero-order valence-corrected chi connectivity index (χ0v) is 21.4. The normalized spacial score (nSPS) is 13.9. The maximum atomic E-state index is 12.8. The Morgan fingerprint density at radius 3 is 2.72 bits per heavy atom. The third-order valence-corrected chi connectivity index (χ3v) is 6.73. The van der Waals surface area contributed by atoms with Crippen LogP contribution in [0.15, 0.2) is 37.1 Å². The van der Waals surface area contributed by atoms with Gasteiger partial charge in [0.05, 0.1) is 23.5 Å². The van der Waals surface area contributed by atoms with Crippen molar-refractivity contribution in [1.29, 1.82) is 0 Å². The van der Waals surface area contributed by atoms with E-state index in [-0.39, 0.29) is 12.5 Å². The third-order valence-electron chi connectivity index (χ3n) is 5.51. The summed E-state index contributed by atoms with van der Waals surface area (Å²) in [5.41, 5.74) is 1.44. The minimum absolute atomic E-state index is 0.140. The molecule has 0 aliphatic carbocycles. The number of nitrogens with one attached hydrogen (secondary N) is 3. The summed E-state index contributed by atoms with van der Waals surface area (Å²) < 4.78 is 0. The summed E-state index contributed by atoms with van der Waals surface area (Å²) in [5.74, 6) is 0.949. The number of piperazine rings is 1. The number of amides is 1. The number of aryl methyl sites for hydroxylation is 1. The van der Waals surface area contributed by atoms with Crippen LogP contribution in [0.2, 0.25) is 5.02 Å². The quantitative estimate of drug-likeness (QED) is 0.290. The number of para-hydroxylation sites is 1. The van der Waals surface area contributed by atoms with Gasteiger partial charge in [-0.1, -0.05) is 41.1 Å². The first-order chi connectivity index (χ1) is 17.5. The van der Waals surface area contributed by atoms with E-state index in [4.69, 9.17) is 11.6 Å². The molecule has 1 aliphatic rings. The fraction of sp³-hybridized carbons (Fsp3) is 0.348. The topological polar surface area (TPSA) is 131 Å². The van der Waals surface area contributed by atoms with Crippen molar-refractivity contribution in [2.75, 3.05) is 66.7 Å². The molecule has 13 heteroatoms. The van der Waals surface area contributed by atoms with Crippen LogP contribution >= 0.6 is 22.9 Å². The Morgan fingerprint density at radius 1 is 1.22 bits per heavy atom. The van der Waals surface area contributed by atoms with Crippen molar-refractivity contribution in [2.45, 2.75) is 6.92 Å². The summed E-state index contributed by atoms with van der Waals surface area (Å²) in [6.07, 6.45) is 3.21. The molecular weight excluding hydrogens is 502 g/mol. The van der Waals surface area contributed by atoms with Crippen molar-refractivity contribution in [2.24, 2.45) is 0 Å². The number of β-amino-alcohol motifs (C(OH)–C–C–N with tert-alkyl or cyclic N) is 1. The molecule has 0 radical (unpaired) electrons. The maximum Gasteiger partial charge on any atom is 0.267 e. The summed E-state index contributed by atoms with van der Waals surface area (Å²) in [5, 5.41) is 19.2. The zero-order chi connectivity index (χ0) is 25.5. The summed E-state index contributed by atoms with van der Waals surface area (Å²) in [7, 11) is 0. The third kappa shape index (κ3) is 6.46. The molecule has 2 aromatic heterocycles. The standard InChI is InChI=1S/C23H28ClN9O2S/c1-3-7-25-20-28-21(30-22(29-20)33-10-8-32(9-11-33)12-13-34)31-23-26-14-17(36-23)19(35)27-18-15(2)5-4-6-16(18)24/h3-6,14,34H,1,7-13H2,2H3,(H,27,35)(H2,25,26,28,29,30,31). The predicted octanol–water partition coefficient (Wildman–Crippen LogP) is 3.00. The molecule has 0 atom stereocenters.